The summed E-state index contributed by atoms with van der Waals surface area (Å²) in [5.74, 6) is 3.90. The maximum atomic E-state index is 3.97. The van der Waals surface area contributed by atoms with Gasteiger partial charge in [-0.3, -0.25) is 0 Å². The van der Waals surface area contributed by atoms with Gasteiger partial charge in [0.05, 0.1) is 0 Å². The molecule has 0 spiro atoms. The second-order valence-corrected chi connectivity index (χ2v) is 7.56. The summed E-state index contributed by atoms with van der Waals surface area (Å²) >= 11 is 2.60. The van der Waals surface area contributed by atoms with Gasteiger partial charge in [0.2, 0.25) is 0 Å². The van der Waals surface area contributed by atoms with E-state index in [-0.39, 0.29) is 0 Å². The van der Waals surface area contributed by atoms with Crippen molar-refractivity contribution < 1.29 is 0 Å². The van der Waals surface area contributed by atoms with Crippen LogP contribution in [0.2, 0.25) is 5.82 Å². The van der Waals surface area contributed by atoms with Crippen molar-refractivity contribution in [1.82, 2.24) is 0 Å². The first-order valence-corrected chi connectivity index (χ1v) is 9.93. The summed E-state index contributed by atoms with van der Waals surface area (Å²) in [6, 6.07) is 10.6. The second kappa shape index (κ2) is 9.49. The van der Waals surface area contributed by atoms with E-state index in [0.717, 1.165) is 0 Å². The summed E-state index contributed by atoms with van der Waals surface area (Å²) in [7, 11) is 0. The van der Waals surface area contributed by atoms with Gasteiger partial charge in [-0.2, -0.15) is 0 Å². The standard InChI is InChI=1S/C16H22SSe/c1-4-6-12-17-16(18-3)13-14(5-2)15-10-8-7-9-11-15/h5,7-11,13-14H,2,4,6,12H2,1,3H3/b16-13+. The predicted octanol–water partition coefficient (Wildman–Crippen LogP) is 5.08. The number of rotatable bonds is 8. The molecule has 0 bridgehead atoms. The Morgan fingerprint density at radius 1 is 1.39 bits per heavy atom. The molecular weight excluding hydrogens is 303 g/mol. The maximum absolute atomic E-state index is 3.97. The van der Waals surface area contributed by atoms with Gasteiger partial charge in [-0.25, -0.2) is 0 Å². The van der Waals surface area contributed by atoms with E-state index in [1.807, 2.05) is 17.8 Å². The van der Waals surface area contributed by atoms with E-state index in [1.54, 1.807) is 3.80 Å². The van der Waals surface area contributed by atoms with Crippen LogP contribution < -0.4 is 0 Å². The van der Waals surface area contributed by atoms with Crippen molar-refractivity contribution in [2.24, 2.45) is 0 Å². The van der Waals surface area contributed by atoms with Crippen LogP contribution in [0.25, 0.3) is 0 Å². The molecule has 1 unspecified atom stereocenters. The van der Waals surface area contributed by atoms with Crippen LogP contribution in [-0.2, 0) is 0 Å². The fourth-order valence-electron chi connectivity index (χ4n) is 1.61. The molecule has 0 heterocycles. The first-order chi connectivity index (χ1) is 8.81. The van der Waals surface area contributed by atoms with E-state index in [0.29, 0.717) is 20.9 Å². The molecule has 98 valence electrons. The molecule has 0 saturated carbocycles. The monoisotopic (exact) mass is 326 g/mol. The van der Waals surface area contributed by atoms with Gasteiger partial charge in [-0.05, 0) is 0 Å². The van der Waals surface area contributed by atoms with Crippen LogP contribution in [0.3, 0.4) is 0 Å². The fraction of sp³-hybridized carbons (Fsp3) is 0.375. The molecule has 18 heavy (non-hydrogen) atoms. The van der Waals surface area contributed by atoms with Crippen LogP contribution in [0.5, 0.6) is 0 Å². The van der Waals surface area contributed by atoms with Gasteiger partial charge < -0.3 is 0 Å². The SMILES string of the molecule is C=CC(/C=C(\SCCCC)[Se]C)c1ccccc1. The van der Waals surface area contributed by atoms with Crippen LogP contribution in [0.4, 0.5) is 0 Å². The minimum absolute atomic E-state index is 0.358. The molecule has 0 aliphatic carbocycles. The average Bonchev–Trinajstić information content (AvgIpc) is 2.43. The van der Waals surface area contributed by atoms with Gasteiger partial charge in [-0.1, -0.05) is 0 Å². The summed E-state index contributed by atoms with van der Waals surface area (Å²) in [5, 5.41) is 0. The summed E-state index contributed by atoms with van der Waals surface area (Å²) in [4.78, 5) is 0. The Bertz CT molecular complexity index is 370. The van der Waals surface area contributed by atoms with Crippen LogP contribution >= 0.6 is 11.8 Å². The third-order valence-corrected chi connectivity index (χ3v) is 6.35. The van der Waals surface area contributed by atoms with Crippen molar-refractivity contribution in [2.45, 2.75) is 31.5 Å². The van der Waals surface area contributed by atoms with Crippen molar-refractivity contribution in [1.29, 1.82) is 0 Å². The summed E-state index contributed by atoms with van der Waals surface area (Å²) in [6.45, 7) is 6.22. The van der Waals surface area contributed by atoms with E-state index in [9.17, 15) is 0 Å². The molecule has 0 aliphatic rings. The molecule has 0 fully saturated rings. The van der Waals surface area contributed by atoms with E-state index < -0.39 is 0 Å². The van der Waals surface area contributed by atoms with Crippen molar-refractivity contribution in [3.63, 3.8) is 0 Å². The van der Waals surface area contributed by atoms with Gasteiger partial charge in [0.1, 0.15) is 0 Å². The summed E-state index contributed by atoms with van der Waals surface area (Å²) in [6.07, 6.45) is 7.02. The van der Waals surface area contributed by atoms with Gasteiger partial charge >= 0.3 is 122 Å². The molecule has 0 saturated heterocycles. The molecule has 0 N–H and O–H groups in total. The zero-order valence-corrected chi connectivity index (χ0v) is 13.8. The zero-order chi connectivity index (χ0) is 13.2. The molecular formula is C16H22SSe. The molecule has 0 aromatic heterocycles. The molecule has 0 radical (unpaired) electrons. The molecule has 1 aromatic rings. The number of allylic oxidation sites excluding steroid dienone is 2. The Labute approximate surface area is 122 Å². The van der Waals surface area contributed by atoms with Crippen molar-refractivity contribution in [3.8, 4) is 0 Å². The third-order valence-electron chi connectivity index (χ3n) is 2.70. The number of benzene rings is 1. The molecule has 0 nitrogen and oxygen atoms in total. The Morgan fingerprint density at radius 3 is 2.67 bits per heavy atom. The molecule has 0 aliphatic heterocycles. The van der Waals surface area contributed by atoms with Crippen LogP contribution in [-0.4, -0.2) is 20.7 Å². The Kier molecular flexibility index (Phi) is 8.24. The Balaban J connectivity index is 2.72. The van der Waals surface area contributed by atoms with Crippen LogP contribution in [0.1, 0.15) is 31.2 Å². The Hall–Kier alpha value is -0.431. The van der Waals surface area contributed by atoms with Gasteiger partial charge in [0.25, 0.3) is 0 Å². The fourth-order valence-corrected chi connectivity index (χ4v) is 4.47. The number of hydrogen-bond acceptors (Lipinski definition) is 1. The van der Waals surface area contributed by atoms with Crippen LogP contribution in [0, 0.1) is 0 Å². The third kappa shape index (κ3) is 5.47. The second-order valence-electron chi connectivity index (χ2n) is 4.06. The normalized spacial score (nSPS) is 13.3. The minimum atomic E-state index is 0.358. The zero-order valence-electron chi connectivity index (χ0n) is 11.3. The van der Waals surface area contributed by atoms with E-state index in [4.69, 9.17) is 0 Å². The van der Waals surface area contributed by atoms with Gasteiger partial charge in [-0.15, -0.1) is 0 Å². The van der Waals surface area contributed by atoms with Crippen molar-refractivity contribution in [3.05, 3.63) is 58.4 Å². The first kappa shape index (κ1) is 15.6. The van der Waals surface area contributed by atoms with E-state index in [1.165, 1.54) is 24.2 Å². The average molecular weight is 325 g/mol. The number of hydrogen-bond donors (Lipinski definition) is 0. The van der Waals surface area contributed by atoms with Gasteiger partial charge in [0, 0.05) is 0 Å². The topological polar surface area (TPSA) is 0 Å². The van der Waals surface area contributed by atoms with Crippen molar-refractivity contribution >= 4 is 26.7 Å². The summed E-state index contributed by atoms with van der Waals surface area (Å²) < 4.78 is 1.55. The van der Waals surface area contributed by atoms with E-state index in [2.05, 4.69) is 55.7 Å². The molecule has 1 aromatic carbocycles. The molecule has 1 rings (SSSR count). The number of unbranched alkanes of at least 4 members (excludes halogenated alkanes) is 1. The summed E-state index contributed by atoms with van der Waals surface area (Å²) in [5.41, 5.74) is 1.34. The molecule has 2 heteroatoms. The van der Waals surface area contributed by atoms with E-state index >= 15 is 0 Å². The number of thioether (sulfide) groups is 1. The van der Waals surface area contributed by atoms with Gasteiger partial charge in [0.15, 0.2) is 0 Å². The van der Waals surface area contributed by atoms with Crippen molar-refractivity contribution in [2.75, 3.05) is 5.75 Å². The quantitative estimate of drug-likeness (QED) is 0.365. The Morgan fingerprint density at radius 2 is 2.11 bits per heavy atom. The van der Waals surface area contributed by atoms with Crippen LogP contribution in [0.15, 0.2) is 52.9 Å². The first-order valence-electron chi connectivity index (χ1n) is 6.38. The molecule has 1 atom stereocenters. The predicted molar refractivity (Wildman–Crippen MR) is 86.4 cm³/mol. The molecule has 0 amide bonds.